The summed E-state index contributed by atoms with van der Waals surface area (Å²) in [6.07, 6.45) is 3.24. The third kappa shape index (κ3) is 1.17. The van der Waals surface area contributed by atoms with Crippen molar-refractivity contribution in [1.82, 2.24) is 0 Å². The molecule has 90 valence electrons. The van der Waals surface area contributed by atoms with Crippen LogP contribution in [0, 0.1) is 28.6 Å². The molecule has 2 saturated heterocycles. The Balaban J connectivity index is 2.14. The Bertz CT molecular complexity index is 475. The zero-order chi connectivity index (χ0) is 12.4. The molecule has 17 heavy (non-hydrogen) atoms. The topological polar surface area (TPSA) is 50.1 Å². The first kappa shape index (κ1) is 11.0. The van der Waals surface area contributed by atoms with Crippen molar-refractivity contribution in [1.29, 1.82) is 5.26 Å². The van der Waals surface area contributed by atoms with Crippen molar-refractivity contribution >= 4 is 5.78 Å². The predicted molar refractivity (Wildman–Crippen MR) is 62.0 cm³/mol. The molecule has 2 heterocycles. The number of ketones is 1. The summed E-state index contributed by atoms with van der Waals surface area (Å²) < 4.78 is 6.12. The van der Waals surface area contributed by atoms with E-state index in [2.05, 4.69) is 19.9 Å². The molecule has 3 nitrogen and oxygen atoms in total. The third-order valence-electron chi connectivity index (χ3n) is 4.95. The van der Waals surface area contributed by atoms with Crippen LogP contribution < -0.4 is 0 Å². The van der Waals surface area contributed by atoms with E-state index in [1.54, 1.807) is 13.0 Å². The Labute approximate surface area is 101 Å². The Morgan fingerprint density at radius 2 is 2.35 bits per heavy atom. The van der Waals surface area contributed by atoms with Gasteiger partial charge in [0.25, 0.3) is 0 Å². The fraction of sp³-hybridized carbons (Fsp3) is 0.714. The standard InChI is InChI=1S/C14H17NO2/c1-8(16)4-10-12-9(2)11-5-14(10,7-15)6-13(11,3)17-12/h4,9,11-12H,5-6H2,1-3H3/b10-4+/t9-,11?,12?,13?,14-/m0/s1. The van der Waals surface area contributed by atoms with E-state index in [0.29, 0.717) is 11.8 Å². The fourth-order valence-electron chi connectivity index (χ4n) is 4.30. The van der Waals surface area contributed by atoms with E-state index in [4.69, 9.17) is 4.74 Å². The van der Waals surface area contributed by atoms with Crippen LogP contribution in [0.25, 0.3) is 0 Å². The zero-order valence-corrected chi connectivity index (χ0v) is 10.5. The summed E-state index contributed by atoms with van der Waals surface area (Å²) in [6.45, 7) is 5.85. The first-order valence-electron chi connectivity index (χ1n) is 6.24. The third-order valence-corrected chi connectivity index (χ3v) is 4.95. The number of carbonyl (C=O) groups is 1. The number of carbonyl (C=O) groups excluding carboxylic acids is 1. The Kier molecular flexibility index (Phi) is 1.94. The van der Waals surface area contributed by atoms with Gasteiger partial charge in [0.2, 0.25) is 0 Å². The van der Waals surface area contributed by atoms with E-state index in [-0.39, 0.29) is 17.5 Å². The lowest BCUT2D eigenvalue weighted by atomic mass is 9.67. The van der Waals surface area contributed by atoms with E-state index >= 15 is 0 Å². The minimum atomic E-state index is -0.430. The molecular weight excluding hydrogens is 214 g/mol. The Hall–Kier alpha value is -1.14. The van der Waals surface area contributed by atoms with Gasteiger partial charge in [-0.05, 0) is 50.2 Å². The van der Waals surface area contributed by atoms with Crippen LogP contribution in [0.15, 0.2) is 11.6 Å². The predicted octanol–water partition coefficient (Wildman–Crippen LogP) is 2.23. The average Bonchev–Trinajstić information content (AvgIpc) is 2.61. The zero-order valence-electron chi connectivity index (χ0n) is 10.5. The summed E-state index contributed by atoms with van der Waals surface area (Å²) in [5, 5.41) is 9.53. The summed E-state index contributed by atoms with van der Waals surface area (Å²) in [5.74, 6) is 0.912. The molecule has 0 aromatic carbocycles. The van der Waals surface area contributed by atoms with Gasteiger partial charge in [0.05, 0.1) is 23.2 Å². The Morgan fingerprint density at radius 1 is 1.65 bits per heavy atom. The van der Waals surface area contributed by atoms with E-state index in [1.165, 1.54) is 0 Å². The normalized spacial score (nSPS) is 53.1. The Morgan fingerprint density at radius 3 is 2.88 bits per heavy atom. The molecule has 4 aliphatic rings. The van der Waals surface area contributed by atoms with Crippen molar-refractivity contribution in [3.05, 3.63) is 11.6 Å². The minimum absolute atomic E-state index is 0.0175. The highest BCUT2D eigenvalue weighted by Crippen LogP contribution is 2.67. The van der Waals surface area contributed by atoms with Crippen LogP contribution in [0.4, 0.5) is 0 Å². The molecule has 5 atom stereocenters. The van der Waals surface area contributed by atoms with Crippen molar-refractivity contribution < 1.29 is 9.53 Å². The van der Waals surface area contributed by atoms with E-state index < -0.39 is 5.41 Å². The molecule has 4 rings (SSSR count). The van der Waals surface area contributed by atoms with Gasteiger partial charge in [-0.3, -0.25) is 4.79 Å². The first-order valence-corrected chi connectivity index (χ1v) is 6.24. The molecule has 4 bridgehead atoms. The van der Waals surface area contributed by atoms with Gasteiger partial charge in [0.15, 0.2) is 5.78 Å². The van der Waals surface area contributed by atoms with Gasteiger partial charge in [-0.25, -0.2) is 0 Å². The largest absolute Gasteiger partial charge is 0.367 e. The van der Waals surface area contributed by atoms with Crippen LogP contribution in [0.5, 0.6) is 0 Å². The van der Waals surface area contributed by atoms with Crippen LogP contribution in [-0.2, 0) is 9.53 Å². The summed E-state index contributed by atoms with van der Waals surface area (Å²) in [4.78, 5) is 11.4. The molecule has 0 aromatic heterocycles. The first-order chi connectivity index (χ1) is 7.92. The van der Waals surface area contributed by atoms with E-state index in [9.17, 15) is 10.1 Å². The molecule has 3 unspecified atom stereocenters. The fourth-order valence-corrected chi connectivity index (χ4v) is 4.30. The van der Waals surface area contributed by atoms with Crippen LogP contribution >= 0.6 is 0 Å². The number of nitriles is 1. The quantitative estimate of drug-likeness (QED) is 0.650. The molecule has 2 saturated carbocycles. The molecule has 0 radical (unpaired) electrons. The van der Waals surface area contributed by atoms with Crippen molar-refractivity contribution in [2.45, 2.75) is 45.3 Å². The second-order valence-electron chi connectivity index (χ2n) is 6.10. The lowest BCUT2D eigenvalue weighted by Crippen LogP contribution is -2.40. The molecule has 2 aliphatic carbocycles. The van der Waals surface area contributed by atoms with Gasteiger partial charge < -0.3 is 4.74 Å². The summed E-state index contributed by atoms with van der Waals surface area (Å²) in [7, 11) is 0. The average molecular weight is 231 g/mol. The maximum Gasteiger partial charge on any atom is 0.152 e. The number of nitrogens with zero attached hydrogens (tertiary/aromatic N) is 1. The number of rotatable bonds is 1. The van der Waals surface area contributed by atoms with E-state index in [0.717, 1.165) is 18.4 Å². The van der Waals surface area contributed by atoms with E-state index in [1.807, 2.05) is 0 Å². The molecule has 0 N–H and O–H groups in total. The van der Waals surface area contributed by atoms with Gasteiger partial charge in [0.1, 0.15) is 0 Å². The number of hydrogen-bond acceptors (Lipinski definition) is 3. The van der Waals surface area contributed by atoms with Gasteiger partial charge in [-0.1, -0.05) is 6.92 Å². The highest BCUT2D eigenvalue weighted by atomic mass is 16.5. The molecule has 2 aliphatic heterocycles. The SMILES string of the molecule is CC(=O)/C=C1\C2OC3(C)C[C@]1(C#N)CC3[C@@H]2C. The number of ether oxygens (including phenoxy) is 1. The van der Waals surface area contributed by atoms with Gasteiger partial charge >= 0.3 is 0 Å². The molecule has 0 spiro atoms. The molecule has 4 fully saturated rings. The van der Waals surface area contributed by atoms with Gasteiger partial charge in [-0.15, -0.1) is 0 Å². The van der Waals surface area contributed by atoms with Crippen LogP contribution in [-0.4, -0.2) is 17.5 Å². The highest BCUT2D eigenvalue weighted by molar-refractivity contribution is 5.88. The summed E-state index contributed by atoms with van der Waals surface area (Å²) in [5.41, 5.74) is 0.361. The smallest absolute Gasteiger partial charge is 0.152 e. The summed E-state index contributed by atoms with van der Waals surface area (Å²) in [6, 6.07) is 2.47. The minimum Gasteiger partial charge on any atom is -0.367 e. The lowest BCUT2D eigenvalue weighted by molar-refractivity contribution is -0.113. The lowest BCUT2D eigenvalue weighted by Gasteiger charge is -2.39. The van der Waals surface area contributed by atoms with Crippen LogP contribution in [0.1, 0.15) is 33.6 Å². The van der Waals surface area contributed by atoms with Crippen molar-refractivity contribution in [3.8, 4) is 6.07 Å². The monoisotopic (exact) mass is 231 g/mol. The van der Waals surface area contributed by atoms with Crippen molar-refractivity contribution in [2.24, 2.45) is 17.3 Å². The van der Waals surface area contributed by atoms with Crippen molar-refractivity contribution in [2.75, 3.05) is 0 Å². The maximum atomic E-state index is 11.4. The highest BCUT2D eigenvalue weighted by Gasteiger charge is 2.68. The van der Waals surface area contributed by atoms with Gasteiger partial charge in [0, 0.05) is 0 Å². The van der Waals surface area contributed by atoms with Gasteiger partial charge in [-0.2, -0.15) is 5.26 Å². The number of hydrogen-bond donors (Lipinski definition) is 0. The molecule has 0 amide bonds. The second-order valence-corrected chi connectivity index (χ2v) is 6.10. The molecule has 3 heteroatoms. The van der Waals surface area contributed by atoms with Crippen LogP contribution in [0.2, 0.25) is 0 Å². The van der Waals surface area contributed by atoms with Crippen molar-refractivity contribution in [3.63, 3.8) is 0 Å². The maximum absolute atomic E-state index is 11.4. The summed E-state index contributed by atoms with van der Waals surface area (Å²) >= 11 is 0. The second kappa shape index (κ2) is 3.00. The molecule has 0 aromatic rings. The number of allylic oxidation sites excluding steroid dienone is 1. The molecular formula is C14H17NO2. The van der Waals surface area contributed by atoms with Crippen LogP contribution in [0.3, 0.4) is 0 Å².